The Hall–Kier alpha value is -2.61. The Bertz CT molecular complexity index is 859. The highest BCUT2D eigenvalue weighted by molar-refractivity contribution is 5.92. The number of nitrogens with zero attached hydrogens (tertiary/aromatic N) is 1. The zero-order valence-corrected chi connectivity index (χ0v) is 22.1. The normalized spacial score (nSPS) is 16.3. The van der Waals surface area contributed by atoms with E-state index >= 15 is 0 Å². The molecule has 0 saturated heterocycles. The third-order valence-corrected chi connectivity index (χ3v) is 6.22. The van der Waals surface area contributed by atoms with Crippen LogP contribution in [0.4, 0.5) is 4.79 Å². The van der Waals surface area contributed by atoms with Crippen LogP contribution < -0.4 is 10.6 Å². The van der Waals surface area contributed by atoms with Gasteiger partial charge in [0, 0.05) is 12.6 Å². The van der Waals surface area contributed by atoms with Gasteiger partial charge >= 0.3 is 6.09 Å². The summed E-state index contributed by atoms with van der Waals surface area (Å²) >= 11 is 0. The zero-order valence-electron chi connectivity index (χ0n) is 22.1. The second kappa shape index (κ2) is 12.9. The van der Waals surface area contributed by atoms with Crippen LogP contribution in [0.25, 0.3) is 0 Å². The maximum atomic E-state index is 13.9. The zero-order chi connectivity index (χ0) is 26.2. The number of amides is 3. The minimum absolute atomic E-state index is 0.0465. The van der Waals surface area contributed by atoms with Crippen LogP contribution in [0, 0.1) is 12.8 Å². The van der Waals surface area contributed by atoms with E-state index in [1.54, 1.807) is 20.8 Å². The fourth-order valence-electron chi connectivity index (χ4n) is 4.47. The van der Waals surface area contributed by atoms with Crippen molar-refractivity contribution >= 4 is 17.9 Å². The van der Waals surface area contributed by atoms with E-state index in [0.717, 1.165) is 37.7 Å². The molecule has 1 aromatic carbocycles. The van der Waals surface area contributed by atoms with E-state index in [1.165, 1.54) is 4.90 Å². The number of rotatable bonds is 9. The third kappa shape index (κ3) is 8.53. The number of alkyl carbamates (subject to hydrolysis) is 1. The molecule has 0 aromatic heterocycles. The molecule has 0 spiro atoms. The van der Waals surface area contributed by atoms with Crippen LogP contribution in [0.3, 0.4) is 0 Å². The Morgan fingerprint density at radius 3 is 2.29 bits per heavy atom. The molecule has 196 valence electrons. The molecular weight excluding hydrogens is 446 g/mol. The second-order valence-corrected chi connectivity index (χ2v) is 10.7. The fraction of sp³-hybridized carbons (Fsp3) is 0.667. The molecule has 2 rings (SSSR count). The summed E-state index contributed by atoms with van der Waals surface area (Å²) in [7, 11) is 0. The summed E-state index contributed by atoms with van der Waals surface area (Å²) in [5.41, 5.74) is 0.846. The largest absolute Gasteiger partial charge is 0.444 e. The van der Waals surface area contributed by atoms with E-state index < -0.39 is 29.7 Å². The first-order valence-corrected chi connectivity index (χ1v) is 12.7. The number of carbonyl (C=O) groups is 3. The predicted molar refractivity (Wildman–Crippen MR) is 136 cm³/mol. The maximum absolute atomic E-state index is 13.9. The van der Waals surface area contributed by atoms with Crippen molar-refractivity contribution < 1.29 is 24.2 Å². The number of hydrogen-bond acceptors (Lipinski definition) is 5. The lowest BCUT2D eigenvalue weighted by Gasteiger charge is -2.36. The number of nitrogens with one attached hydrogen (secondary N) is 2. The monoisotopic (exact) mass is 489 g/mol. The Morgan fingerprint density at radius 1 is 1.11 bits per heavy atom. The van der Waals surface area contributed by atoms with Crippen LogP contribution >= 0.6 is 0 Å². The number of benzene rings is 1. The summed E-state index contributed by atoms with van der Waals surface area (Å²) in [5.74, 6) is -0.977. The average molecular weight is 490 g/mol. The van der Waals surface area contributed by atoms with Crippen LogP contribution in [0.15, 0.2) is 24.3 Å². The Balaban J connectivity index is 2.41. The van der Waals surface area contributed by atoms with Gasteiger partial charge in [-0.25, -0.2) is 4.79 Å². The van der Waals surface area contributed by atoms with Gasteiger partial charge in [-0.05, 0) is 57.6 Å². The van der Waals surface area contributed by atoms with Crippen molar-refractivity contribution in [3.63, 3.8) is 0 Å². The number of aryl methyl sites for hydroxylation is 1. The first-order chi connectivity index (χ1) is 16.4. The van der Waals surface area contributed by atoms with Crippen molar-refractivity contribution in [1.82, 2.24) is 15.5 Å². The molecule has 2 unspecified atom stereocenters. The Morgan fingerprint density at radius 2 is 1.74 bits per heavy atom. The molecule has 3 N–H and O–H groups in total. The molecule has 1 fully saturated rings. The van der Waals surface area contributed by atoms with Crippen molar-refractivity contribution in [2.24, 2.45) is 5.92 Å². The van der Waals surface area contributed by atoms with Crippen molar-refractivity contribution in [2.75, 3.05) is 13.2 Å². The van der Waals surface area contributed by atoms with E-state index in [0.29, 0.717) is 5.56 Å². The molecule has 1 aliphatic rings. The van der Waals surface area contributed by atoms with E-state index in [4.69, 9.17) is 4.74 Å². The summed E-state index contributed by atoms with van der Waals surface area (Å²) in [5, 5.41) is 15.7. The van der Waals surface area contributed by atoms with Crippen molar-refractivity contribution in [2.45, 2.75) is 97.4 Å². The van der Waals surface area contributed by atoms with E-state index in [-0.39, 0.29) is 31.0 Å². The molecule has 0 heterocycles. The summed E-state index contributed by atoms with van der Waals surface area (Å²) in [4.78, 5) is 41.5. The van der Waals surface area contributed by atoms with Gasteiger partial charge in [0.15, 0.2) is 0 Å². The molecule has 3 amide bonds. The standard InChI is InChI=1S/C27H43N3O5/c1-18(2)22(29-26(34)35-27(4,5)6)25(33)30(16-17-31)23(21-15-11-10-12-19(21)3)24(32)28-20-13-8-7-9-14-20/h10-12,15,18,20,22-23,31H,7-9,13-14,16-17H2,1-6H3,(H,28,32)(H,29,34). The average Bonchev–Trinajstić information content (AvgIpc) is 2.77. The van der Waals surface area contributed by atoms with Gasteiger partial charge in [-0.1, -0.05) is 57.4 Å². The third-order valence-electron chi connectivity index (χ3n) is 6.22. The van der Waals surface area contributed by atoms with Gasteiger partial charge < -0.3 is 25.4 Å². The molecule has 1 saturated carbocycles. The minimum atomic E-state index is -0.931. The SMILES string of the molecule is Cc1ccccc1C(C(=O)NC1CCCCC1)N(CCO)C(=O)C(NC(=O)OC(C)(C)C)C(C)C. The van der Waals surface area contributed by atoms with Crippen molar-refractivity contribution in [3.8, 4) is 0 Å². The van der Waals surface area contributed by atoms with Crippen LogP contribution in [0.1, 0.15) is 83.9 Å². The van der Waals surface area contributed by atoms with E-state index in [9.17, 15) is 19.5 Å². The summed E-state index contributed by atoms with van der Waals surface area (Å²) in [6, 6.07) is 5.66. The van der Waals surface area contributed by atoms with Crippen LogP contribution in [0.2, 0.25) is 0 Å². The summed E-state index contributed by atoms with van der Waals surface area (Å²) < 4.78 is 5.37. The Labute approximate surface area is 209 Å². The molecule has 35 heavy (non-hydrogen) atoms. The van der Waals surface area contributed by atoms with Crippen molar-refractivity contribution in [3.05, 3.63) is 35.4 Å². The highest BCUT2D eigenvalue weighted by Gasteiger charge is 2.38. The van der Waals surface area contributed by atoms with Gasteiger partial charge in [-0.3, -0.25) is 9.59 Å². The van der Waals surface area contributed by atoms with Gasteiger partial charge in [-0.2, -0.15) is 0 Å². The predicted octanol–water partition coefficient (Wildman–Crippen LogP) is 3.86. The summed E-state index contributed by atoms with van der Waals surface area (Å²) in [6.45, 7) is 10.4. The lowest BCUT2D eigenvalue weighted by Crippen LogP contribution is -2.56. The van der Waals surface area contributed by atoms with Gasteiger partial charge in [0.2, 0.25) is 11.8 Å². The van der Waals surface area contributed by atoms with Gasteiger partial charge in [0.05, 0.1) is 6.61 Å². The first-order valence-electron chi connectivity index (χ1n) is 12.7. The smallest absolute Gasteiger partial charge is 0.408 e. The minimum Gasteiger partial charge on any atom is -0.444 e. The molecule has 0 bridgehead atoms. The second-order valence-electron chi connectivity index (χ2n) is 10.7. The quantitative estimate of drug-likeness (QED) is 0.488. The highest BCUT2D eigenvalue weighted by Crippen LogP contribution is 2.27. The van der Waals surface area contributed by atoms with Gasteiger partial charge in [0.25, 0.3) is 0 Å². The first kappa shape index (κ1) is 28.6. The molecular formula is C27H43N3O5. The highest BCUT2D eigenvalue weighted by atomic mass is 16.6. The van der Waals surface area contributed by atoms with Crippen LogP contribution in [-0.2, 0) is 14.3 Å². The topological polar surface area (TPSA) is 108 Å². The number of aliphatic hydroxyl groups excluding tert-OH is 1. The van der Waals surface area contributed by atoms with Gasteiger partial charge in [0.1, 0.15) is 17.7 Å². The molecule has 1 aliphatic carbocycles. The number of hydrogen-bond donors (Lipinski definition) is 3. The van der Waals surface area contributed by atoms with Crippen molar-refractivity contribution in [1.29, 1.82) is 0 Å². The molecule has 8 heteroatoms. The number of ether oxygens (including phenoxy) is 1. The van der Waals surface area contributed by atoms with Crippen LogP contribution in [0.5, 0.6) is 0 Å². The lowest BCUT2D eigenvalue weighted by atomic mass is 9.93. The molecule has 8 nitrogen and oxygen atoms in total. The molecule has 0 radical (unpaired) electrons. The molecule has 2 atom stereocenters. The molecule has 0 aliphatic heterocycles. The van der Waals surface area contributed by atoms with Gasteiger partial charge in [-0.15, -0.1) is 0 Å². The maximum Gasteiger partial charge on any atom is 0.408 e. The van der Waals surface area contributed by atoms with E-state index in [2.05, 4.69) is 10.6 Å². The number of carbonyl (C=O) groups excluding carboxylic acids is 3. The Kier molecular flexibility index (Phi) is 10.6. The summed E-state index contributed by atoms with van der Waals surface area (Å²) in [6.07, 6.45) is 4.41. The fourth-order valence-corrected chi connectivity index (χ4v) is 4.47. The molecule has 1 aromatic rings. The number of aliphatic hydroxyl groups is 1. The van der Waals surface area contributed by atoms with Crippen LogP contribution in [-0.4, -0.2) is 58.8 Å². The van der Waals surface area contributed by atoms with E-state index in [1.807, 2.05) is 45.0 Å². The lowest BCUT2D eigenvalue weighted by molar-refractivity contribution is -0.144.